The Morgan fingerprint density at radius 2 is 2.19 bits per heavy atom. The van der Waals surface area contributed by atoms with Gasteiger partial charge in [-0.25, -0.2) is 0 Å². The molecule has 1 aliphatic carbocycles. The first-order valence-corrected chi connectivity index (χ1v) is 6.49. The van der Waals surface area contributed by atoms with Crippen molar-refractivity contribution in [3.8, 4) is 0 Å². The first-order valence-electron chi connectivity index (χ1n) is 6.49. The maximum atomic E-state index is 3.74. The first kappa shape index (κ1) is 11.7. The molecular formula is C15H23N. The highest BCUT2D eigenvalue weighted by molar-refractivity contribution is 5.43. The van der Waals surface area contributed by atoms with Gasteiger partial charge in [-0.05, 0) is 49.3 Å². The van der Waals surface area contributed by atoms with Crippen LogP contribution in [0.1, 0.15) is 62.3 Å². The SMILES string of the molecule is CCC(C)NC1CC(C)c2c(C)cccc21. The van der Waals surface area contributed by atoms with Crippen molar-refractivity contribution in [2.45, 2.75) is 58.5 Å². The lowest BCUT2D eigenvalue weighted by atomic mass is 9.98. The third kappa shape index (κ3) is 2.01. The number of aryl methyl sites for hydroxylation is 1. The third-order valence-electron chi connectivity index (χ3n) is 3.91. The van der Waals surface area contributed by atoms with E-state index in [9.17, 15) is 0 Å². The van der Waals surface area contributed by atoms with E-state index in [4.69, 9.17) is 0 Å². The van der Waals surface area contributed by atoms with Crippen molar-refractivity contribution in [2.24, 2.45) is 0 Å². The number of hydrogen-bond donors (Lipinski definition) is 1. The van der Waals surface area contributed by atoms with Gasteiger partial charge in [0.05, 0.1) is 0 Å². The number of hydrogen-bond acceptors (Lipinski definition) is 1. The van der Waals surface area contributed by atoms with Crippen LogP contribution in [0.2, 0.25) is 0 Å². The smallest absolute Gasteiger partial charge is 0.0331 e. The average Bonchev–Trinajstić information content (AvgIpc) is 2.57. The van der Waals surface area contributed by atoms with Crippen LogP contribution in [0.4, 0.5) is 0 Å². The Morgan fingerprint density at radius 3 is 2.88 bits per heavy atom. The molecule has 0 aliphatic heterocycles. The van der Waals surface area contributed by atoms with Crippen molar-refractivity contribution >= 4 is 0 Å². The molecule has 16 heavy (non-hydrogen) atoms. The highest BCUT2D eigenvalue weighted by atomic mass is 14.9. The zero-order valence-corrected chi connectivity index (χ0v) is 10.9. The maximum Gasteiger partial charge on any atom is 0.0331 e. The highest BCUT2D eigenvalue weighted by Gasteiger charge is 2.29. The summed E-state index contributed by atoms with van der Waals surface area (Å²) in [6.45, 7) is 9.11. The second-order valence-corrected chi connectivity index (χ2v) is 5.24. The molecule has 2 rings (SSSR count). The van der Waals surface area contributed by atoms with Gasteiger partial charge in [0.15, 0.2) is 0 Å². The van der Waals surface area contributed by atoms with Crippen molar-refractivity contribution in [1.82, 2.24) is 5.32 Å². The molecule has 0 aromatic heterocycles. The number of rotatable bonds is 3. The van der Waals surface area contributed by atoms with Gasteiger partial charge in [-0.3, -0.25) is 0 Å². The minimum Gasteiger partial charge on any atom is -0.307 e. The summed E-state index contributed by atoms with van der Waals surface area (Å²) >= 11 is 0. The Kier molecular flexibility index (Phi) is 3.34. The van der Waals surface area contributed by atoms with Gasteiger partial charge in [0.25, 0.3) is 0 Å². The standard InChI is InChI=1S/C15H23N/c1-5-12(4)16-14-9-11(3)15-10(2)7-6-8-13(14)15/h6-8,11-12,14,16H,5,9H2,1-4H3. The molecule has 0 radical (unpaired) electrons. The molecule has 88 valence electrons. The topological polar surface area (TPSA) is 12.0 Å². The van der Waals surface area contributed by atoms with Crippen LogP contribution in [0.3, 0.4) is 0 Å². The van der Waals surface area contributed by atoms with E-state index in [-0.39, 0.29) is 0 Å². The van der Waals surface area contributed by atoms with Crippen LogP contribution in [-0.4, -0.2) is 6.04 Å². The van der Waals surface area contributed by atoms with Crippen LogP contribution >= 0.6 is 0 Å². The van der Waals surface area contributed by atoms with Crippen molar-refractivity contribution in [2.75, 3.05) is 0 Å². The summed E-state index contributed by atoms with van der Waals surface area (Å²) in [5.41, 5.74) is 4.58. The van der Waals surface area contributed by atoms with Crippen LogP contribution in [0.5, 0.6) is 0 Å². The minimum atomic E-state index is 0.569. The fourth-order valence-corrected chi connectivity index (χ4v) is 2.90. The lowest BCUT2D eigenvalue weighted by Gasteiger charge is -2.19. The quantitative estimate of drug-likeness (QED) is 0.809. The molecule has 1 aromatic carbocycles. The molecule has 0 heterocycles. The summed E-state index contributed by atoms with van der Waals surface area (Å²) in [5.74, 6) is 0.706. The molecule has 0 saturated carbocycles. The second-order valence-electron chi connectivity index (χ2n) is 5.24. The zero-order chi connectivity index (χ0) is 11.7. The van der Waals surface area contributed by atoms with Crippen molar-refractivity contribution in [3.63, 3.8) is 0 Å². The zero-order valence-electron chi connectivity index (χ0n) is 10.9. The fourth-order valence-electron chi connectivity index (χ4n) is 2.90. The monoisotopic (exact) mass is 217 g/mol. The summed E-state index contributed by atoms with van der Waals surface area (Å²) < 4.78 is 0. The molecule has 1 nitrogen and oxygen atoms in total. The molecular weight excluding hydrogens is 194 g/mol. The van der Waals surface area contributed by atoms with Crippen LogP contribution in [0.15, 0.2) is 18.2 Å². The molecule has 3 unspecified atom stereocenters. The summed E-state index contributed by atoms with van der Waals surface area (Å²) in [6, 6.07) is 7.91. The molecule has 0 amide bonds. The molecule has 1 aliphatic rings. The van der Waals surface area contributed by atoms with Gasteiger partial charge in [-0.2, -0.15) is 0 Å². The molecule has 1 aromatic rings. The summed E-state index contributed by atoms with van der Waals surface area (Å²) in [6.07, 6.45) is 2.45. The maximum absolute atomic E-state index is 3.74. The molecule has 0 saturated heterocycles. The van der Waals surface area contributed by atoms with Gasteiger partial charge in [0.2, 0.25) is 0 Å². The van der Waals surface area contributed by atoms with Gasteiger partial charge < -0.3 is 5.32 Å². The van der Waals surface area contributed by atoms with E-state index < -0.39 is 0 Å². The largest absolute Gasteiger partial charge is 0.307 e. The lowest BCUT2D eigenvalue weighted by Crippen LogP contribution is -2.28. The van der Waals surface area contributed by atoms with Gasteiger partial charge in [-0.1, -0.05) is 32.0 Å². The molecule has 0 bridgehead atoms. The van der Waals surface area contributed by atoms with E-state index in [1.54, 1.807) is 5.56 Å². The molecule has 1 N–H and O–H groups in total. The average molecular weight is 217 g/mol. The van der Waals surface area contributed by atoms with Crippen molar-refractivity contribution in [1.29, 1.82) is 0 Å². The van der Waals surface area contributed by atoms with E-state index in [1.165, 1.54) is 24.0 Å². The number of nitrogens with one attached hydrogen (secondary N) is 1. The minimum absolute atomic E-state index is 0.569. The highest BCUT2D eigenvalue weighted by Crippen LogP contribution is 2.41. The van der Waals surface area contributed by atoms with E-state index in [2.05, 4.69) is 51.2 Å². The van der Waals surface area contributed by atoms with Crippen LogP contribution < -0.4 is 5.32 Å². The normalized spacial score (nSPS) is 25.5. The lowest BCUT2D eigenvalue weighted by molar-refractivity contribution is 0.432. The fraction of sp³-hybridized carbons (Fsp3) is 0.600. The van der Waals surface area contributed by atoms with Crippen molar-refractivity contribution < 1.29 is 0 Å². The van der Waals surface area contributed by atoms with E-state index in [1.807, 2.05) is 0 Å². The van der Waals surface area contributed by atoms with E-state index >= 15 is 0 Å². The first-order chi connectivity index (χ1) is 7.63. The Morgan fingerprint density at radius 1 is 1.44 bits per heavy atom. The Bertz CT molecular complexity index is 370. The van der Waals surface area contributed by atoms with E-state index in [0.29, 0.717) is 18.0 Å². The second kappa shape index (κ2) is 4.58. The van der Waals surface area contributed by atoms with E-state index in [0.717, 1.165) is 0 Å². The summed E-state index contributed by atoms with van der Waals surface area (Å²) in [5, 5.41) is 3.74. The Labute approximate surface area is 99.3 Å². The van der Waals surface area contributed by atoms with Crippen LogP contribution in [0, 0.1) is 6.92 Å². The predicted octanol–water partition coefficient (Wildman–Crippen LogP) is 3.93. The Hall–Kier alpha value is -0.820. The molecule has 1 heteroatoms. The molecule has 0 fully saturated rings. The summed E-state index contributed by atoms with van der Waals surface area (Å²) in [4.78, 5) is 0. The summed E-state index contributed by atoms with van der Waals surface area (Å²) in [7, 11) is 0. The van der Waals surface area contributed by atoms with Gasteiger partial charge in [0, 0.05) is 12.1 Å². The molecule has 3 atom stereocenters. The van der Waals surface area contributed by atoms with Gasteiger partial charge >= 0.3 is 0 Å². The van der Waals surface area contributed by atoms with Crippen LogP contribution in [-0.2, 0) is 0 Å². The van der Waals surface area contributed by atoms with Crippen molar-refractivity contribution in [3.05, 3.63) is 34.9 Å². The van der Waals surface area contributed by atoms with Crippen LogP contribution in [0.25, 0.3) is 0 Å². The third-order valence-corrected chi connectivity index (χ3v) is 3.91. The number of fused-ring (bicyclic) bond motifs is 1. The van der Waals surface area contributed by atoms with Gasteiger partial charge in [0.1, 0.15) is 0 Å². The Balaban J connectivity index is 2.26. The predicted molar refractivity (Wildman–Crippen MR) is 69.8 cm³/mol. The van der Waals surface area contributed by atoms with Gasteiger partial charge in [-0.15, -0.1) is 0 Å². The molecule has 0 spiro atoms. The number of benzene rings is 1.